The summed E-state index contributed by atoms with van der Waals surface area (Å²) in [6.07, 6.45) is 2.76. The number of carbonyl (C=O) groups excluding carboxylic acids is 1. The first-order chi connectivity index (χ1) is 11.0. The molecular weight excluding hydrogens is 320 g/mol. The maximum absolute atomic E-state index is 12.8. The molecule has 1 atom stereocenters. The third kappa shape index (κ3) is 3.29. The number of hydrogen-bond acceptors (Lipinski definition) is 5. The molecule has 0 N–H and O–H groups in total. The summed E-state index contributed by atoms with van der Waals surface area (Å²) in [6.45, 7) is 4.22. The first kappa shape index (κ1) is 16.5. The van der Waals surface area contributed by atoms with Crippen LogP contribution in [0.4, 0.5) is 0 Å². The molecular formula is C15H22N2O5S. The summed E-state index contributed by atoms with van der Waals surface area (Å²) in [5.41, 5.74) is 0.509. The molecule has 1 amide bonds. The number of aryl methyl sites for hydroxylation is 1. The van der Waals surface area contributed by atoms with Gasteiger partial charge in [0.2, 0.25) is 10.0 Å². The number of rotatable bonds is 3. The van der Waals surface area contributed by atoms with E-state index in [9.17, 15) is 13.2 Å². The van der Waals surface area contributed by atoms with Crippen molar-refractivity contribution < 1.29 is 22.4 Å². The summed E-state index contributed by atoms with van der Waals surface area (Å²) in [6, 6.07) is 1.64. The van der Waals surface area contributed by atoms with Gasteiger partial charge in [-0.1, -0.05) is 0 Å². The molecule has 0 aromatic carbocycles. The van der Waals surface area contributed by atoms with Crippen molar-refractivity contribution in [3.05, 3.63) is 23.7 Å². The molecule has 128 valence electrons. The monoisotopic (exact) mass is 342 g/mol. The predicted molar refractivity (Wildman–Crippen MR) is 83.7 cm³/mol. The third-order valence-electron chi connectivity index (χ3n) is 4.51. The quantitative estimate of drug-likeness (QED) is 0.814. The molecule has 0 radical (unpaired) electrons. The molecule has 1 aromatic heterocycles. The van der Waals surface area contributed by atoms with Crippen LogP contribution in [0.5, 0.6) is 0 Å². The molecule has 0 saturated carbocycles. The minimum Gasteiger partial charge on any atom is -0.469 e. The molecule has 2 fully saturated rings. The van der Waals surface area contributed by atoms with Crippen LogP contribution in [0.25, 0.3) is 0 Å². The normalized spacial score (nSPS) is 23.9. The van der Waals surface area contributed by atoms with Gasteiger partial charge in [-0.05, 0) is 25.8 Å². The van der Waals surface area contributed by atoms with Gasteiger partial charge in [-0.2, -0.15) is 4.31 Å². The van der Waals surface area contributed by atoms with Gasteiger partial charge in [-0.15, -0.1) is 0 Å². The van der Waals surface area contributed by atoms with Crippen molar-refractivity contribution in [3.63, 3.8) is 0 Å². The summed E-state index contributed by atoms with van der Waals surface area (Å²) in [7, 11) is -3.39. The zero-order valence-corrected chi connectivity index (χ0v) is 14.0. The molecule has 8 heteroatoms. The van der Waals surface area contributed by atoms with E-state index in [1.54, 1.807) is 17.9 Å². The highest BCUT2D eigenvalue weighted by Crippen LogP contribution is 2.23. The number of piperidine rings is 1. The van der Waals surface area contributed by atoms with Gasteiger partial charge in [-0.25, -0.2) is 8.42 Å². The fraction of sp³-hybridized carbons (Fsp3) is 0.667. The molecule has 2 aliphatic heterocycles. The Morgan fingerprint density at radius 1 is 1.26 bits per heavy atom. The van der Waals surface area contributed by atoms with E-state index < -0.39 is 15.3 Å². The van der Waals surface area contributed by atoms with Crippen LogP contribution in [-0.2, 0) is 14.8 Å². The van der Waals surface area contributed by atoms with E-state index in [1.807, 2.05) is 0 Å². The van der Waals surface area contributed by atoms with Gasteiger partial charge in [0.25, 0.3) is 5.91 Å². The molecule has 3 rings (SSSR count). The van der Waals surface area contributed by atoms with E-state index >= 15 is 0 Å². The highest BCUT2D eigenvalue weighted by molar-refractivity contribution is 7.89. The highest BCUT2D eigenvalue weighted by atomic mass is 32.2. The molecule has 0 aliphatic carbocycles. The number of likely N-dealkylation sites (tertiary alicyclic amines) is 1. The van der Waals surface area contributed by atoms with E-state index in [0.29, 0.717) is 57.0 Å². The van der Waals surface area contributed by atoms with Crippen LogP contribution in [0.2, 0.25) is 0 Å². The Kier molecular flexibility index (Phi) is 4.74. The largest absolute Gasteiger partial charge is 0.469 e. The Hall–Kier alpha value is -1.38. The first-order valence-electron chi connectivity index (χ1n) is 7.90. The van der Waals surface area contributed by atoms with E-state index in [0.717, 1.165) is 0 Å². The zero-order chi connectivity index (χ0) is 16.4. The number of hydrogen-bond donors (Lipinski definition) is 0. The molecule has 2 aliphatic rings. The average Bonchev–Trinajstić information content (AvgIpc) is 3.01. The second kappa shape index (κ2) is 6.62. The maximum Gasteiger partial charge on any atom is 0.257 e. The average molecular weight is 342 g/mol. The smallest absolute Gasteiger partial charge is 0.257 e. The van der Waals surface area contributed by atoms with Crippen molar-refractivity contribution in [1.29, 1.82) is 0 Å². The Morgan fingerprint density at radius 2 is 2.00 bits per heavy atom. The number of nitrogens with zero attached hydrogens (tertiary/aromatic N) is 2. The van der Waals surface area contributed by atoms with Crippen molar-refractivity contribution in [1.82, 2.24) is 9.21 Å². The van der Waals surface area contributed by atoms with E-state index in [2.05, 4.69) is 0 Å². The second-order valence-corrected chi connectivity index (χ2v) is 8.18. The van der Waals surface area contributed by atoms with Crippen LogP contribution in [0.15, 0.2) is 16.7 Å². The van der Waals surface area contributed by atoms with Crippen molar-refractivity contribution in [2.45, 2.75) is 25.0 Å². The molecule has 23 heavy (non-hydrogen) atoms. The van der Waals surface area contributed by atoms with E-state index in [4.69, 9.17) is 9.15 Å². The van der Waals surface area contributed by atoms with Gasteiger partial charge in [0.05, 0.1) is 30.3 Å². The van der Waals surface area contributed by atoms with Crippen LogP contribution in [0, 0.1) is 6.92 Å². The Balaban J connectivity index is 1.73. The molecule has 1 aromatic rings. The fourth-order valence-electron chi connectivity index (χ4n) is 3.15. The highest BCUT2D eigenvalue weighted by Gasteiger charge is 2.37. The lowest BCUT2D eigenvalue weighted by Crippen LogP contribution is -2.51. The summed E-state index contributed by atoms with van der Waals surface area (Å²) >= 11 is 0. The number of amides is 1. The summed E-state index contributed by atoms with van der Waals surface area (Å²) in [4.78, 5) is 14.2. The molecule has 0 bridgehead atoms. The number of morpholine rings is 1. The van der Waals surface area contributed by atoms with Crippen LogP contribution >= 0.6 is 0 Å². The van der Waals surface area contributed by atoms with Crippen molar-refractivity contribution in [3.8, 4) is 0 Å². The Morgan fingerprint density at radius 3 is 2.65 bits per heavy atom. The lowest BCUT2D eigenvalue weighted by molar-refractivity contribution is 0.0685. The van der Waals surface area contributed by atoms with Gasteiger partial charge in [0, 0.05) is 26.2 Å². The molecule has 1 unspecified atom stereocenters. The van der Waals surface area contributed by atoms with Crippen LogP contribution < -0.4 is 0 Å². The number of carbonyl (C=O) groups is 1. The first-order valence-corrected chi connectivity index (χ1v) is 9.40. The Bertz CT molecular complexity index is 663. The number of furan rings is 1. The topological polar surface area (TPSA) is 80.1 Å². The van der Waals surface area contributed by atoms with Gasteiger partial charge < -0.3 is 14.1 Å². The Labute approximate surface area is 136 Å². The third-order valence-corrected chi connectivity index (χ3v) is 6.82. The fourth-order valence-corrected chi connectivity index (χ4v) is 5.07. The second-order valence-electron chi connectivity index (χ2n) is 5.96. The van der Waals surface area contributed by atoms with Gasteiger partial charge in [-0.3, -0.25) is 4.79 Å². The summed E-state index contributed by atoms with van der Waals surface area (Å²) in [5.74, 6) is 0.409. The molecule has 7 nitrogen and oxygen atoms in total. The lowest BCUT2D eigenvalue weighted by atomic mass is 10.1. The summed E-state index contributed by atoms with van der Waals surface area (Å²) in [5, 5.41) is -0.537. The van der Waals surface area contributed by atoms with E-state index in [-0.39, 0.29) is 12.5 Å². The summed E-state index contributed by atoms with van der Waals surface area (Å²) < 4.78 is 37.5. The molecule has 0 spiro atoms. The van der Waals surface area contributed by atoms with Gasteiger partial charge in [0.15, 0.2) is 0 Å². The predicted octanol–water partition coefficient (Wildman–Crippen LogP) is 0.855. The van der Waals surface area contributed by atoms with Gasteiger partial charge in [0.1, 0.15) is 5.76 Å². The van der Waals surface area contributed by atoms with Crippen LogP contribution in [0.3, 0.4) is 0 Å². The maximum atomic E-state index is 12.8. The minimum absolute atomic E-state index is 0.155. The van der Waals surface area contributed by atoms with E-state index in [1.165, 1.54) is 10.6 Å². The zero-order valence-electron chi connectivity index (χ0n) is 13.2. The van der Waals surface area contributed by atoms with Gasteiger partial charge >= 0.3 is 0 Å². The van der Waals surface area contributed by atoms with Crippen molar-refractivity contribution in [2.75, 3.05) is 39.4 Å². The van der Waals surface area contributed by atoms with Crippen LogP contribution in [-0.4, -0.2) is 68.2 Å². The standard InChI is InChI=1S/C15H22N2O5S/c1-12-14(4-8-22-12)15(18)16-5-2-3-13(11-16)23(19,20)17-6-9-21-10-7-17/h4,8,13H,2-3,5-7,9-11H2,1H3. The van der Waals surface area contributed by atoms with Crippen LogP contribution in [0.1, 0.15) is 29.0 Å². The number of sulfonamides is 1. The minimum atomic E-state index is -3.39. The molecule has 3 heterocycles. The SMILES string of the molecule is Cc1occc1C(=O)N1CCCC(S(=O)(=O)N2CCOCC2)C1. The number of ether oxygens (including phenoxy) is 1. The van der Waals surface area contributed by atoms with Crippen molar-refractivity contribution >= 4 is 15.9 Å². The molecule has 2 saturated heterocycles. The van der Waals surface area contributed by atoms with Crippen molar-refractivity contribution in [2.24, 2.45) is 0 Å². The lowest BCUT2D eigenvalue weighted by Gasteiger charge is -2.36.